The molecule has 0 saturated heterocycles. The first-order valence-electron chi connectivity index (χ1n) is 8.97. The van der Waals surface area contributed by atoms with Crippen LogP contribution in [0, 0.1) is 0 Å². The van der Waals surface area contributed by atoms with Crippen LogP contribution in [0.25, 0.3) is 0 Å². The Morgan fingerprint density at radius 3 is 2.67 bits per heavy atom. The van der Waals surface area contributed by atoms with Crippen molar-refractivity contribution >= 4 is 17.6 Å². The summed E-state index contributed by atoms with van der Waals surface area (Å²) >= 11 is 6.02. The van der Waals surface area contributed by atoms with Gasteiger partial charge >= 0.3 is 0 Å². The first-order valence-corrected chi connectivity index (χ1v) is 9.35. The second-order valence-corrected chi connectivity index (χ2v) is 6.63. The fraction of sp³-hybridized carbons (Fsp3) is 0.238. The van der Waals surface area contributed by atoms with Gasteiger partial charge in [-0.2, -0.15) is 0 Å². The fourth-order valence-corrected chi connectivity index (χ4v) is 3.05. The molecule has 3 aromatic rings. The molecule has 0 radical (unpaired) electrons. The van der Waals surface area contributed by atoms with E-state index in [-0.39, 0.29) is 0 Å². The van der Waals surface area contributed by atoms with Crippen LogP contribution in [0.1, 0.15) is 17.0 Å². The largest absolute Gasteiger partial charge is 0.356 e. The lowest BCUT2D eigenvalue weighted by atomic mass is 10.2. The van der Waals surface area contributed by atoms with E-state index >= 15 is 0 Å². The highest BCUT2D eigenvalue weighted by molar-refractivity contribution is 6.30. The average Bonchev–Trinajstić information content (AvgIpc) is 3.12. The van der Waals surface area contributed by atoms with Crippen molar-refractivity contribution in [1.29, 1.82) is 0 Å². The molecule has 0 amide bonds. The van der Waals surface area contributed by atoms with Crippen LogP contribution in [-0.4, -0.2) is 29.1 Å². The van der Waals surface area contributed by atoms with Crippen molar-refractivity contribution in [2.24, 2.45) is 4.99 Å². The van der Waals surface area contributed by atoms with Gasteiger partial charge in [-0.1, -0.05) is 54.1 Å². The van der Waals surface area contributed by atoms with Crippen LogP contribution < -0.4 is 10.6 Å². The predicted molar refractivity (Wildman–Crippen MR) is 111 cm³/mol. The molecule has 2 aromatic carbocycles. The van der Waals surface area contributed by atoms with Crippen LogP contribution in [0.4, 0.5) is 0 Å². The summed E-state index contributed by atoms with van der Waals surface area (Å²) in [5.41, 5.74) is 2.38. The number of rotatable bonds is 7. The number of halogens is 1. The molecule has 0 saturated carbocycles. The van der Waals surface area contributed by atoms with Gasteiger partial charge in [-0.15, -0.1) is 0 Å². The molecule has 0 fully saturated rings. The minimum Gasteiger partial charge on any atom is -0.356 e. The zero-order valence-corrected chi connectivity index (χ0v) is 16.2. The minimum absolute atomic E-state index is 0.670. The molecule has 0 aliphatic rings. The third-order valence-electron chi connectivity index (χ3n) is 4.21. The van der Waals surface area contributed by atoms with E-state index in [2.05, 4.69) is 49.4 Å². The van der Waals surface area contributed by atoms with E-state index in [9.17, 15) is 0 Å². The quantitative estimate of drug-likeness (QED) is 0.486. The van der Waals surface area contributed by atoms with Gasteiger partial charge in [-0.3, -0.25) is 4.99 Å². The molecule has 0 aliphatic heterocycles. The van der Waals surface area contributed by atoms with Crippen LogP contribution in [0.2, 0.25) is 5.02 Å². The number of aliphatic imine (C=N–C) groups is 1. The summed E-state index contributed by atoms with van der Waals surface area (Å²) in [6.07, 6.45) is 4.69. The SMILES string of the molecule is CN=C(NCCc1nccn1Cc1ccccc1)NCc1cccc(Cl)c1. The van der Waals surface area contributed by atoms with E-state index in [0.717, 1.165) is 41.9 Å². The van der Waals surface area contributed by atoms with Gasteiger partial charge in [0.25, 0.3) is 0 Å². The second-order valence-electron chi connectivity index (χ2n) is 6.19. The number of nitrogens with one attached hydrogen (secondary N) is 2. The molecule has 1 aromatic heterocycles. The Morgan fingerprint density at radius 1 is 1.07 bits per heavy atom. The third-order valence-corrected chi connectivity index (χ3v) is 4.45. The highest BCUT2D eigenvalue weighted by atomic mass is 35.5. The van der Waals surface area contributed by atoms with Gasteiger partial charge in [-0.25, -0.2) is 4.98 Å². The highest BCUT2D eigenvalue weighted by Crippen LogP contribution is 2.10. The van der Waals surface area contributed by atoms with E-state index in [1.165, 1.54) is 5.56 Å². The second kappa shape index (κ2) is 9.78. The van der Waals surface area contributed by atoms with E-state index in [0.29, 0.717) is 6.54 Å². The van der Waals surface area contributed by atoms with Crippen LogP contribution in [0.3, 0.4) is 0 Å². The van der Waals surface area contributed by atoms with Gasteiger partial charge in [0.1, 0.15) is 5.82 Å². The summed E-state index contributed by atoms with van der Waals surface area (Å²) in [6, 6.07) is 18.2. The molecule has 0 bridgehead atoms. The molecule has 27 heavy (non-hydrogen) atoms. The fourth-order valence-electron chi connectivity index (χ4n) is 2.84. The maximum atomic E-state index is 6.02. The number of guanidine groups is 1. The van der Waals surface area contributed by atoms with Gasteiger partial charge in [0.15, 0.2) is 5.96 Å². The molecule has 2 N–H and O–H groups in total. The number of hydrogen-bond donors (Lipinski definition) is 2. The number of benzene rings is 2. The number of aromatic nitrogens is 2. The van der Waals surface area contributed by atoms with Crippen molar-refractivity contribution in [2.45, 2.75) is 19.5 Å². The predicted octanol–water partition coefficient (Wildman–Crippen LogP) is 3.49. The highest BCUT2D eigenvalue weighted by Gasteiger charge is 2.05. The molecule has 0 unspecified atom stereocenters. The average molecular weight is 382 g/mol. The summed E-state index contributed by atoms with van der Waals surface area (Å²) in [6.45, 7) is 2.25. The smallest absolute Gasteiger partial charge is 0.191 e. The topological polar surface area (TPSA) is 54.2 Å². The zero-order valence-electron chi connectivity index (χ0n) is 15.4. The van der Waals surface area contributed by atoms with Gasteiger partial charge < -0.3 is 15.2 Å². The molecule has 0 spiro atoms. The van der Waals surface area contributed by atoms with Crippen LogP contribution in [-0.2, 0) is 19.5 Å². The molecule has 0 atom stereocenters. The molecule has 3 rings (SSSR count). The number of hydrogen-bond acceptors (Lipinski definition) is 2. The van der Waals surface area contributed by atoms with Gasteiger partial charge in [-0.05, 0) is 23.3 Å². The Hall–Kier alpha value is -2.79. The monoisotopic (exact) mass is 381 g/mol. The van der Waals surface area contributed by atoms with E-state index in [4.69, 9.17) is 11.6 Å². The molecule has 6 heteroatoms. The van der Waals surface area contributed by atoms with Crippen molar-refractivity contribution in [2.75, 3.05) is 13.6 Å². The Bertz CT molecular complexity index is 873. The van der Waals surface area contributed by atoms with Crippen LogP contribution in [0.5, 0.6) is 0 Å². The Labute approximate surface area is 165 Å². The minimum atomic E-state index is 0.670. The molecule has 0 aliphatic carbocycles. The van der Waals surface area contributed by atoms with Gasteiger partial charge in [0.05, 0.1) is 0 Å². The first kappa shape index (κ1) is 19.0. The summed E-state index contributed by atoms with van der Waals surface area (Å²) < 4.78 is 2.18. The van der Waals surface area contributed by atoms with Gasteiger partial charge in [0, 0.05) is 50.5 Å². The molecular formula is C21H24ClN5. The normalized spacial score (nSPS) is 11.4. The van der Waals surface area contributed by atoms with Crippen LogP contribution >= 0.6 is 11.6 Å². The number of nitrogens with zero attached hydrogens (tertiary/aromatic N) is 3. The summed E-state index contributed by atoms with van der Waals surface area (Å²) in [5.74, 6) is 1.81. The van der Waals surface area contributed by atoms with Crippen molar-refractivity contribution in [3.8, 4) is 0 Å². The van der Waals surface area contributed by atoms with E-state index < -0.39 is 0 Å². The van der Waals surface area contributed by atoms with Crippen molar-refractivity contribution in [1.82, 2.24) is 20.2 Å². The van der Waals surface area contributed by atoms with Crippen molar-refractivity contribution < 1.29 is 0 Å². The Morgan fingerprint density at radius 2 is 1.89 bits per heavy atom. The molecule has 1 heterocycles. The van der Waals surface area contributed by atoms with Crippen molar-refractivity contribution in [3.05, 3.63) is 89.0 Å². The summed E-state index contributed by atoms with van der Waals surface area (Å²) in [4.78, 5) is 8.76. The van der Waals surface area contributed by atoms with Crippen LogP contribution in [0.15, 0.2) is 72.0 Å². The van der Waals surface area contributed by atoms with Crippen molar-refractivity contribution in [3.63, 3.8) is 0 Å². The summed E-state index contributed by atoms with van der Waals surface area (Å²) in [7, 11) is 1.77. The molecular weight excluding hydrogens is 358 g/mol. The first-order chi connectivity index (χ1) is 13.2. The zero-order chi connectivity index (χ0) is 18.9. The maximum absolute atomic E-state index is 6.02. The van der Waals surface area contributed by atoms with E-state index in [1.54, 1.807) is 7.05 Å². The lowest BCUT2D eigenvalue weighted by Gasteiger charge is -2.13. The maximum Gasteiger partial charge on any atom is 0.191 e. The van der Waals surface area contributed by atoms with E-state index in [1.807, 2.05) is 42.7 Å². The lowest BCUT2D eigenvalue weighted by Crippen LogP contribution is -2.38. The molecule has 5 nitrogen and oxygen atoms in total. The third kappa shape index (κ3) is 5.86. The summed E-state index contributed by atoms with van der Waals surface area (Å²) in [5, 5.41) is 7.38. The molecule has 140 valence electrons. The Balaban J connectivity index is 1.48. The number of imidazole rings is 1. The lowest BCUT2D eigenvalue weighted by molar-refractivity contribution is 0.694. The standard InChI is InChI=1S/C21H24ClN5/c1-23-21(26-15-18-8-5-9-19(22)14-18)25-11-10-20-24-12-13-27(20)16-17-6-3-2-4-7-17/h2-9,12-14H,10-11,15-16H2,1H3,(H2,23,25,26). The Kier molecular flexibility index (Phi) is 6.88. The van der Waals surface area contributed by atoms with Gasteiger partial charge in [0.2, 0.25) is 0 Å².